The Balaban J connectivity index is 1.86. The summed E-state index contributed by atoms with van der Waals surface area (Å²) in [6.45, 7) is 7.76. The molecule has 1 heterocycles. The maximum absolute atomic E-state index is 13.9. The SMILES string of the molecule is COC(=O)C(C)(C)/C(=C\C(=C(C)C)[C@@H]1C(=O)N(c2ccc(OC)cc2)[C@@H]1c1ccccc1)c1ccccc1. The summed E-state index contributed by atoms with van der Waals surface area (Å²) in [6, 6.07) is 27.3. The zero-order chi connectivity index (χ0) is 27.4. The minimum atomic E-state index is -0.929. The smallest absolute Gasteiger partial charge is 0.315 e. The number of allylic oxidation sites excluding steroid dienone is 2. The van der Waals surface area contributed by atoms with Gasteiger partial charge in [-0.3, -0.25) is 9.59 Å². The quantitative estimate of drug-likeness (QED) is 0.186. The first-order valence-corrected chi connectivity index (χ1v) is 12.8. The second-order valence-corrected chi connectivity index (χ2v) is 10.2. The predicted molar refractivity (Wildman–Crippen MR) is 152 cm³/mol. The number of hydrogen-bond acceptors (Lipinski definition) is 4. The number of carbonyl (C=O) groups is 2. The molecule has 0 unspecified atom stereocenters. The molecular weight excluding hydrogens is 474 g/mol. The van der Waals surface area contributed by atoms with Crippen LogP contribution < -0.4 is 9.64 Å². The zero-order valence-corrected chi connectivity index (χ0v) is 22.9. The van der Waals surface area contributed by atoms with E-state index in [1.807, 2.05) is 111 Å². The molecule has 0 saturated carbocycles. The molecule has 5 nitrogen and oxygen atoms in total. The molecule has 1 fully saturated rings. The second-order valence-electron chi connectivity index (χ2n) is 10.2. The van der Waals surface area contributed by atoms with E-state index in [0.717, 1.165) is 39.3 Å². The summed E-state index contributed by atoms with van der Waals surface area (Å²) in [7, 11) is 3.03. The molecule has 4 rings (SSSR count). The van der Waals surface area contributed by atoms with Crippen LogP contribution in [0.3, 0.4) is 0 Å². The summed E-state index contributed by atoms with van der Waals surface area (Å²) in [5.41, 5.74) is 4.59. The Hall–Kier alpha value is -4.12. The number of anilines is 1. The van der Waals surface area contributed by atoms with Crippen molar-refractivity contribution in [3.63, 3.8) is 0 Å². The molecule has 0 N–H and O–H groups in total. The maximum Gasteiger partial charge on any atom is 0.315 e. The van der Waals surface area contributed by atoms with Crippen molar-refractivity contribution in [1.82, 2.24) is 0 Å². The van der Waals surface area contributed by atoms with Crippen LogP contribution in [-0.4, -0.2) is 26.1 Å². The number of nitrogens with zero attached hydrogens (tertiary/aromatic N) is 1. The first-order valence-electron chi connectivity index (χ1n) is 12.8. The monoisotopic (exact) mass is 509 g/mol. The molecule has 2 atom stereocenters. The van der Waals surface area contributed by atoms with Gasteiger partial charge in [0.25, 0.3) is 0 Å². The highest BCUT2D eigenvalue weighted by Crippen LogP contribution is 2.49. The van der Waals surface area contributed by atoms with Crippen LogP contribution in [0.25, 0.3) is 5.57 Å². The lowest BCUT2D eigenvalue weighted by atomic mass is 9.72. The summed E-state index contributed by atoms with van der Waals surface area (Å²) >= 11 is 0. The molecule has 3 aromatic rings. The van der Waals surface area contributed by atoms with Crippen LogP contribution in [0.4, 0.5) is 5.69 Å². The summed E-state index contributed by atoms with van der Waals surface area (Å²) in [5.74, 6) is 0.0107. The van der Waals surface area contributed by atoms with Crippen molar-refractivity contribution in [2.45, 2.75) is 33.7 Å². The fourth-order valence-electron chi connectivity index (χ4n) is 5.12. The van der Waals surface area contributed by atoms with Gasteiger partial charge in [0.2, 0.25) is 5.91 Å². The third kappa shape index (κ3) is 5.01. The van der Waals surface area contributed by atoms with Crippen molar-refractivity contribution in [2.75, 3.05) is 19.1 Å². The minimum Gasteiger partial charge on any atom is -0.497 e. The average Bonchev–Trinajstić information content (AvgIpc) is 2.94. The van der Waals surface area contributed by atoms with Gasteiger partial charge in [-0.15, -0.1) is 0 Å². The van der Waals surface area contributed by atoms with Crippen molar-refractivity contribution in [2.24, 2.45) is 11.3 Å². The summed E-state index contributed by atoms with van der Waals surface area (Å²) in [4.78, 5) is 28.7. The van der Waals surface area contributed by atoms with Crippen LogP contribution in [0, 0.1) is 11.3 Å². The summed E-state index contributed by atoms with van der Waals surface area (Å²) in [6.07, 6.45) is 2.03. The minimum absolute atomic E-state index is 0.0137. The molecule has 0 spiro atoms. The average molecular weight is 510 g/mol. The van der Waals surface area contributed by atoms with E-state index < -0.39 is 11.3 Å². The molecule has 38 heavy (non-hydrogen) atoms. The lowest BCUT2D eigenvalue weighted by Crippen LogP contribution is -2.56. The number of rotatable bonds is 8. The lowest BCUT2D eigenvalue weighted by molar-refractivity contribution is -0.147. The number of benzene rings is 3. The third-order valence-corrected chi connectivity index (χ3v) is 7.26. The van der Waals surface area contributed by atoms with Crippen molar-refractivity contribution in [1.29, 1.82) is 0 Å². The van der Waals surface area contributed by atoms with E-state index in [4.69, 9.17) is 9.47 Å². The largest absolute Gasteiger partial charge is 0.497 e. The normalized spacial score (nSPS) is 17.5. The topological polar surface area (TPSA) is 55.8 Å². The Kier molecular flexibility index (Phi) is 7.86. The van der Waals surface area contributed by atoms with Crippen molar-refractivity contribution in [3.05, 3.63) is 113 Å². The highest BCUT2D eigenvalue weighted by Gasteiger charge is 2.50. The highest BCUT2D eigenvalue weighted by atomic mass is 16.5. The molecule has 1 aliphatic rings. The molecule has 0 aromatic heterocycles. The number of esters is 1. The number of carbonyl (C=O) groups excluding carboxylic acids is 2. The molecule has 0 bridgehead atoms. The Morgan fingerprint density at radius 3 is 1.97 bits per heavy atom. The van der Waals surface area contributed by atoms with Crippen molar-refractivity contribution in [3.8, 4) is 5.75 Å². The molecule has 1 amide bonds. The maximum atomic E-state index is 13.9. The number of amides is 1. The van der Waals surface area contributed by atoms with Crippen molar-refractivity contribution < 1.29 is 19.1 Å². The van der Waals surface area contributed by atoms with Gasteiger partial charge in [0.15, 0.2) is 0 Å². The first-order chi connectivity index (χ1) is 18.2. The molecule has 3 aromatic carbocycles. The molecule has 0 aliphatic carbocycles. The predicted octanol–water partition coefficient (Wildman–Crippen LogP) is 7.02. The molecule has 196 valence electrons. The van der Waals surface area contributed by atoms with Gasteiger partial charge in [-0.2, -0.15) is 0 Å². The lowest BCUT2D eigenvalue weighted by Gasteiger charge is -2.48. The van der Waals surface area contributed by atoms with Crippen molar-refractivity contribution >= 4 is 23.1 Å². The van der Waals surface area contributed by atoms with E-state index in [9.17, 15) is 9.59 Å². The van der Waals surface area contributed by atoms with E-state index in [0.29, 0.717) is 0 Å². The van der Waals surface area contributed by atoms with Gasteiger partial charge in [-0.05, 0) is 74.2 Å². The summed E-state index contributed by atoms with van der Waals surface area (Å²) < 4.78 is 10.5. The van der Waals surface area contributed by atoms with Gasteiger partial charge in [0.1, 0.15) is 5.75 Å². The Morgan fingerprint density at radius 2 is 1.45 bits per heavy atom. The zero-order valence-electron chi connectivity index (χ0n) is 22.9. The molecule has 5 heteroatoms. The van der Waals surface area contributed by atoms with Crippen LogP contribution in [0.1, 0.15) is 44.9 Å². The number of hydrogen-bond donors (Lipinski definition) is 0. The van der Waals surface area contributed by atoms with E-state index in [1.54, 1.807) is 7.11 Å². The Bertz CT molecular complexity index is 1350. The highest BCUT2D eigenvalue weighted by molar-refractivity contribution is 6.06. The van der Waals surface area contributed by atoms with E-state index >= 15 is 0 Å². The van der Waals surface area contributed by atoms with Crippen LogP contribution in [0.15, 0.2) is 102 Å². The molecule has 1 saturated heterocycles. The molecular formula is C33H35NO4. The van der Waals surface area contributed by atoms with Gasteiger partial charge in [-0.25, -0.2) is 0 Å². The second kappa shape index (κ2) is 11.1. The van der Waals surface area contributed by atoms with Gasteiger partial charge in [0.05, 0.1) is 31.6 Å². The Morgan fingerprint density at radius 1 is 0.868 bits per heavy atom. The van der Waals surface area contributed by atoms with Gasteiger partial charge in [0, 0.05) is 5.69 Å². The van der Waals surface area contributed by atoms with Crippen LogP contribution in [0.5, 0.6) is 5.75 Å². The van der Waals surface area contributed by atoms with Crippen LogP contribution >= 0.6 is 0 Å². The first kappa shape index (κ1) is 26.9. The van der Waals surface area contributed by atoms with E-state index in [-0.39, 0.29) is 17.9 Å². The number of ether oxygens (including phenoxy) is 2. The van der Waals surface area contributed by atoms with Gasteiger partial charge >= 0.3 is 5.97 Å². The third-order valence-electron chi connectivity index (χ3n) is 7.26. The van der Waals surface area contributed by atoms with Gasteiger partial charge in [-0.1, -0.05) is 72.3 Å². The standard InChI is InChI=1S/C33H35NO4/c1-22(2)27(21-28(23-13-9-7-10-14-23)33(3,4)32(36)38-6)29-30(24-15-11-8-12-16-24)34(31(29)35)25-17-19-26(37-5)20-18-25/h7-21,29-30H,1-6H3/b28-21-/t29-,30+/m0/s1. The number of methoxy groups -OCH3 is 2. The van der Waals surface area contributed by atoms with Gasteiger partial charge < -0.3 is 14.4 Å². The fraction of sp³-hybridized carbons (Fsp3) is 0.273. The Labute approximate surface area is 225 Å². The summed E-state index contributed by atoms with van der Waals surface area (Å²) in [5, 5.41) is 0. The van der Waals surface area contributed by atoms with Crippen LogP contribution in [0.2, 0.25) is 0 Å². The van der Waals surface area contributed by atoms with E-state index in [1.165, 1.54) is 7.11 Å². The number of β-lactam (4-membered cyclic amide) rings is 1. The molecule has 1 aliphatic heterocycles. The van der Waals surface area contributed by atoms with Crippen LogP contribution in [-0.2, 0) is 14.3 Å². The molecule has 0 radical (unpaired) electrons. The fourth-order valence-corrected chi connectivity index (χ4v) is 5.12. The van der Waals surface area contributed by atoms with E-state index in [2.05, 4.69) is 12.1 Å².